The number of halogens is 2. The number of anilines is 1. The van der Waals surface area contributed by atoms with Gasteiger partial charge in [0.05, 0.1) is 24.8 Å². The predicted octanol–water partition coefficient (Wildman–Crippen LogP) is 6.46. The third-order valence-corrected chi connectivity index (χ3v) is 10.5. The molecule has 1 saturated carbocycles. The van der Waals surface area contributed by atoms with Crippen molar-refractivity contribution >= 4 is 50.7 Å². The van der Waals surface area contributed by atoms with Crippen molar-refractivity contribution in [3.63, 3.8) is 0 Å². The number of amides is 2. The molecule has 1 fully saturated rings. The van der Waals surface area contributed by atoms with Gasteiger partial charge in [0.25, 0.3) is 10.0 Å². The third-order valence-electron chi connectivity index (χ3n) is 7.99. The van der Waals surface area contributed by atoms with E-state index in [1.165, 1.54) is 37.3 Å². The monoisotopic (exact) mass is 675 g/mol. The molecule has 1 aliphatic carbocycles. The van der Waals surface area contributed by atoms with Gasteiger partial charge in [-0.1, -0.05) is 73.7 Å². The zero-order valence-electron chi connectivity index (χ0n) is 25.7. The van der Waals surface area contributed by atoms with Gasteiger partial charge in [-0.3, -0.25) is 13.9 Å². The first-order chi connectivity index (χ1) is 21.6. The second-order valence-electron chi connectivity index (χ2n) is 10.9. The second kappa shape index (κ2) is 15.7. The van der Waals surface area contributed by atoms with E-state index in [9.17, 15) is 18.0 Å². The molecule has 0 aromatic heterocycles. The molecule has 0 unspecified atom stereocenters. The van der Waals surface area contributed by atoms with Crippen LogP contribution in [-0.4, -0.2) is 58.0 Å². The summed E-state index contributed by atoms with van der Waals surface area (Å²) in [6, 6.07) is 16.6. The number of rotatable bonds is 13. The normalized spacial score (nSPS) is 14.3. The van der Waals surface area contributed by atoms with Crippen LogP contribution in [0.4, 0.5) is 5.69 Å². The molecule has 3 aromatic rings. The zero-order chi connectivity index (χ0) is 32.6. The summed E-state index contributed by atoms with van der Waals surface area (Å²) in [7, 11) is -1.44. The number of carbonyl (C=O) groups excluding carboxylic acids is 2. The number of carbonyl (C=O) groups is 2. The molecular weight excluding hydrogens is 637 g/mol. The number of hydrogen-bond acceptors (Lipinski definition) is 6. The van der Waals surface area contributed by atoms with Gasteiger partial charge in [0.2, 0.25) is 11.8 Å². The maximum Gasteiger partial charge on any atom is 0.264 e. The Kier molecular flexibility index (Phi) is 12.0. The average molecular weight is 677 g/mol. The zero-order valence-corrected chi connectivity index (χ0v) is 28.0. The van der Waals surface area contributed by atoms with Gasteiger partial charge in [0.1, 0.15) is 24.1 Å². The van der Waals surface area contributed by atoms with Crippen molar-refractivity contribution in [1.29, 1.82) is 0 Å². The molecule has 0 radical (unpaired) electrons. The average Bonchev–Trinajstić information content (AvgIpc) is 3.05. The molecule has 45 heavy (non-hydrogen) atoms. The van der Waals surface area contributed by atoms with E-state index in [1.54, 1.807) is 48.5 Å². The van der Waals surface area contributed by atoms with Gasteiger partial charge >= 0.3 is 0 Å². The highest BCUT2D eigenvalue weighted by Crippen LogP contribution is 2.36. The molecule has 0 bridgehead atoms. The Morgan fingerprint density at radius 2 is 1.60 bits per heavy atom. The van der Waals surface area contributed by atoms with Gasteiger partial charge in [0, 0.05) is 34.3 Å². The molecule has 1 atom stereocenters. The van der Waals surface area contributed by atoms with E-state index in [0.29, 0.717) is 21.4 Å². The van der Waals surface area contributed by atoms with Gasteiger partial charge in [-0.2, -0.15) is 0 Å². The lowest BCUT2D eigenvalue weighted by Gasteiger charge is -2.35. The minimum Gasteiger partial charge on any atom is -0.497 e. The first-order valence-electron chi connectivity index (χ1n) is 14.9. The van der Waals surface area contributed by atoms with E-state index < -0.39 is 28.5 Å². The number of sulfonamides is 1. The van der Waals surface area contributed by atoms with Crippen molar-refractivity contribution in [2.45, 2.75) is 69.0 Å². The Morgan fingerprint density at radius 1 is 0.933 bits per heavy atom. The van der Waals surface area contributed by atoms with Crippen molar-refractivity contribution in [2.75, 3.05) is 25.1 Å². The SMILES string of the molecule is CC[C@H](C(=O)NC1CCCCC1)N(Cc1c(Cl)cccc1Cl)C(=O)CN(c1cc(OC)ccc1OC)S(=O)(=O)c1ccccc1. The summed E-state index contributed by atoms with van der Waals surface area (Å²) in [6.45, 7) is 1.06. The summed E-state index contributed by atoms with van der Waals surface area (Å²) in [5, 5.41) is 3.78. The fourth-order valence-electron chi connectivity index (χ4n) is 5.54. The molecule has 3 aromatic carbocycles. The highest BCUT2D eigenvalue weighted by Gasteiger charge is 2.36. The number of hydrogen-bond donors (Lipinski definition) is 1. The highest BCUT2D eigenvalue weighted by atomic mass is 35.5. The van der Waals surface area contributed by atoms with Gasteiger partial charge in [-0.15, -0.1) is 0 Å². The van der Waals surface area contributed by atoms with Crippen LogP contribution >= 0.6 is 23.2 Å². The van der Waals surface area contributed by atoms with Crippen LogP contribution in [0.15, 0.2) is 71.6 Å². The van der Waals surface area contributed by atoms with E-state index in [2.05, 4.69) is 5.32 Å². The first-order valence-corrected chi connectivity index (χ1v) is 17.1. The van der Waals surface area contributed by atoms with Crippen LogP contribution in [0.2, 0.25) is 10.0 Å². The standard InChI is InChI=1S/C33H39Cl2N3O6S/c1-4-29(33(40)36-23-12-7-5-8-13-23)37(21-26-27(34)16-11-17-28(26)35)32(39)22-38(45(41,42)25-14-9-6-10-15-25)30-20-24(43-2)18-19-31(30)44-3/h6,9-11,14-20,23,29H,4-5,7-8,12-13,21-22H2,1-3H3,(H,36,40)/t29-/m1/s1. The van der Waals surface area contributed by atoms with Crippen LogP contribution in [0, 0.1) is 0 Å². The van der Waals surface area contributed by atoms with Crippen LogP contribution < -0.4 is 19.1 Å². The Labute approximate surface area is 275 Å². The molecule has 0 heterocycles. The van der Waals surface area contributed by atoms with Crippen LogP contribution in [-0.2, 0) is 26.2 Å². The quantitative estimate of drug-likeness (QED) is 0.223. The van der Waals surface area contributed by atoms with Gasteiger partial charge in [-0.25, -0.2) is 8.42 Å². The van der Waals surface area contributed by atoms with Crippen LogP contribution in [0.5, 0.6) is 11.5 Å². The molecular formula is C33H39Cl2N3O6S. The fraction of sp³-hybridized carbons (Fsp3) is 0.394. The number of nitrogens with zero attached hydrogens (tertiary/aromatic N) is 2. The summed E-state index contributed by atoms with van der Waals surface area (Å²) < 4.78 is 40.3. The maximum absolute atomic E-state index is 14.5. The van der Waals surface area contributed by atoms with Crippen molar-refractivity contribution in [2.24, 2.45) is 0 Å². The summed E-state index contributed by atoms with van der Waals surface area (Å²) in [5.41, 5.74) is 0.555. The van der Waals surface area contributed by atoms with Crippen molar-refractivity contribution in [1.82, 2.24) is 10.2 Å². The Bertz CT molecular complexity index is 1560. The summed E-state index contributed by atoms with van der Waals surface area (Å²) >= 11 is 13.1. The lowest BCUT2D eigenvalue weighted by molar-refractivity contribution is -0.140. The molecule has 0 spiro atoms. The maximum atomic E-state index is 14.5. The number of ether oxygens (including phenoxy) is 2. The second-order valence-corrected chi connectivity index (χ2v) is 13.5. The van der Waals surface area contributed by atoms with Gasteiger partial charge in [0.15, 0.2) is 0 Å². The fourth-order valence-corrected chi connectivity index (χ4v) is 7.50. The highest BCUT2D eigenvalue weighted by molar-refractivity contribution is 7.92. The molecule has 9 nitrogen and oxygen atoms in total. The van der Waals surface area contributed by atoms with E-state index in [-0.39, 0.29) is 41.2 Å². The molecule has 0 aliphatic heterocycles. The van der Waals surface area contributed by atoms with E-state index in [0.717, 1.165) is 36.4 Å². The van der Waals surface area contributed by atoms with Crippen molar-refractivity contribution in [3.8, 4) is 11.5 Å². The van der Waals surface area contributed by atoms with E-state index >= 15 is 0 Å². The lowest BCUT2D eigenvalue weighted by Crippen LogP contribution is -2.54. The van der Waals surface area contributed by atoms with Crippen molar-refractivity contribution < 1.29 is 27.5 Å². The summed E-state index contributed by atoms with van der Waals surface area (Å²) in [6.07, 6.45) is 5.18. The molecule has 2 amide bonds. The molecule has 4 rings (SSSR count). The van der Waals surface area contributed by atoms with E-state index in [1.807, 2.05) is 6.92 Å². The molecule has 1 aliphatic rings. The number of methoxy groups -OCH3 is 2. The largest absolute Gasteiger partial charge is 0.497 e. The van der Waals surface area contributed by atoms with Gasteiger partial charge < -0.3 is 19.7 Å². The number of benzene rings is 3. The first kappa shape index (κ1) is 34.4. The summed E-state index contributed by atoms with van der Waals surface area (Å²) in [4.78, 5) is 29.6. The van der Waals surface area contributed by atoms with E-state index in [4.69, 9.17) is 32.7 Å². The van der Waals surface area contributed by atoms with Crippen LogP contribution in [0.25, 0.3) is 0 Å². The molecule has 1 N–H and O–H groups in total. The van der Waals surface area contributed by atoms with Gasteiger partial charge in [-0.05, 0) is 55.7 Å². The Hall–Kier alpha value is -3.47. The third kappa shape index (κ3) is 8.23. The topological polar surface area (TPSA) is 105 Å². The molecule has 0 saturated heterocycles. The minimum atomic E-state index is -4.31. The predicted molar refractivity (Wildman–Crippen MR) is 177 cm³/mol. The van der Waals surface area contributed by atoms with Crippen LogP contribution in [0.3, 0.4) is 0 Å². The Balaban J connectivity index is 1.79. The molecule has 242 valence electrons. The minimum absolute atomic E-state index is 0.0113. The lowest BCUT2D eigenvalue weighted by atomic mass is 9.95. The van der Waals surface area contributed by atoms with Crippen LogP contribution in [0.1, 0.15) is 51.0 Å². The summed E-state index contributed by atoms with van der Waals surface area (Å²) in [5.74, 6) is -0.353. The smallest absolute Gasteiger partial charge is 0.264 e. The Morgan fingerprint density at radius 3 is 2.20 bits per heavy atom. The molecule has 12 heteroatoms. The van der Waals surface area contributed by atoms with Crippen molar-refractivity contribution in [3.05, 3.63) is 82.3 Å². The number of nitrogens with one attached hydrogen (secondary N) is 1.